The molecule has 3 nitrogen and oxygen atoms in total. The Morgan fingerprint density at radius 3 is 2.44 bits per heavy atom. The highest BCUT2D eigenvalue weighted by Gasteiger charge is 2.16. The number of rotatable bonds is 5. The van der Waals surface area contributed by atoms with Crippen molar-refractivity contribution >= 4 is 45.2 Å². The van der Waals surface area contributed by atoms with Crippen LogP contribution in [0.25, 0.3) is 21.8 Å². The van der Waals surface area contributed by atoms with Crippen LogP contribution in [0.5, 0.6) is 0 Å². The molecule has 1 heterocycles. The smallest absolute Gasteiger partial charge is 0.237 e. The van der Waals surface area contributed by atoms with E-state index >= 15 is 0 Å². The lowest BCUT2D eigenvalue weighted by atomic mass is 10.1. The maximum atomic E-state index is 12.6. The van der Waals surface area contributed by atoms with Crippen LogP contribution in [-0.2, 0) is 11.3 Å². The number of benzene rings is 3. The van der Waals surface area contributed by atoms with Crippen LogP contribution in [0, 0.1) is 0 Å². The third-order valence-electron chi connectivity index (χ3n) is 4.78. The summed E-state index contributed by atoms with van der Waals surface area (Å²) in [6.45, 7) is 5.01. The fourth-order valence-corrected chi connectivity index (χ4v) is 4.36. The minimum absolute atomic E-state index is 0.0161. The lowest BCUT2D eigenvalue weighted by Crippen LogP contribution is -2.22. The summed E-state index contributed by atoms with van der Waals surface area (Å²) in [7, 11) is 0. The van der Waals surface area contributed by atoms with Gasteiger partial charge in [-0.25, -0.2) is 0 Å². The largest absolute Gasteiger partial charge is 0.341 e. The number of para-hydroxylation sites is 1. The van der Waals surface area contributed by atoms with Gasteiger partial charge < -0.3 is 9.88 Å². The first kappa shape index (κ1) is 17.7. The van der Waals surface area contributed by atoms with Gasteiger partial charge in [0.2, 0.25) is 5.91 Å². The number of carbonyl (C=O) groups is 1. The summed E-state index contributed by atoms with van der Waals surface area (Å²) in [6, 6.07) is 24.6. The first-order chi connectivity index (χ1) is 13.2. The van der Waals surface area contributed by atoms with Gasteiger partial charge in [-0.1, -0.05) is 36.4 Å². The molecule has 0 saturated heterocycles. The summed E-state index contributed by atoms with van der Waals surface area (Å²) in [4.78, 5) is 13.7. The lowest BCUT2D eigenvalue weighted by molar-refractivity contribution is -0.115. The Morgan fingerprint density at radius 2 is 1.67 bits per heavy atom. The van der Waals surface area contributed by atoms with Crippen molar-refractivity contribution in [1.82, 2.24) is 4.57 Å². The minimum atomic E-state index is -0.167. The van der Waals surface area contributed by atoms with E-state index in [4.69, 9.17) is 0 Å². The molecule has 0 fully saturated rings. The van der Waals surface area contributed by atoms with Gasteiger partial charge in [0.25, 0.3) is 0 Å². The molecule has 1 N–H and O–H groups in total. The zero-order chi connectivity index (χ0) is 18.8. The number of carbonyl (C=O) groups excluding carboxylic acids is 1. The highest BCUT2D eigenvalue weighted by Crippen LogP contribution is 2.31. The summed E-state index contributed by atoms with van der Waals surface area (Å²) >= 11 is 1.57. The third kappa shape index (κ3) is 3.45. The highest BCUT2D eigenvalue weighted by atomic mass is 32.2. The molecule has 3 aromatic carbocycles. The number of anilines is 1. The van der Waals surface area contributed by atoms with Crippen LogP contribution < -0.4 is 5.32 Å². The maximum absolute atomic E-state index is 12.6. The third-order valence-corrected chi connectivity index (χ3v) is 5.89. The number of aryl methyl sites for hydroxylation is 1. The van der Waals surface area contributed by atoms with Gasteiger partial charge in [-0.2, -0.15) is 0 Å². The predicted octanol–water partition coefficient (Wildman–Crippen LogP) is 5.93. The van der Waals surface area contributed by atoms with Crippen LogP contribution in [0.4, 0.5) is 5.69 Å². The summed E-state index contributed by atoms with van der Waals surface area (Å²) < 4.78 is 2.31. The molecule has 4 heteroatoms. The SMILES string of the molecule is CCn1c2ccccc2c2cc(NC(=O)[C@@H](C)Sc3ccccc3)ccc21. The van der Waals surface area contributed by atoms with Crippen molar-refractivity contribution in [3.8, 4) is 0 Å². The van der Waals surface area contributed by atoms with E-state index in [-0.39, 0.29) is 11.2 Å². The number of amides is 1. The Labute approximate surface area is 163 Å². The van der Waals surface area contributed by atoms with E-state index in [9.17, 15) is 4.79 Å². The molecule has 0 aliphatic rings. The normalized spacial score (nSPS) is 12.4. The van der Waals surface area contributed by atoms with Gasteiger partial charge in [0.1, 0.15) is 0 Å². The van der Waals surface area contributed by atoms with E-state index < -0.39 is 0 Å². The second-order valence-corrected chi connectivity index (χ2v) is 7.97. The average molecular weight is 375 g/mol. The summed E-state index contributed by atoms with van der Waals surface area (Å²) in [5.74, 6) is 0.0161. The van der Waals surface area contributed by atoms with Crippen LogP contribution >= 0.6 is 11.8 Å². The van der Waals surface area contributed by atoms with Crippen molar-refractivity contribution < 1.29 is 4.79 Å². The number of hydrogen-bond acceptors (Lipinski definition) is 2. The van der Waals surface area contributed by atoms with Gasteiger partial charge in [0.15, 0.2) is 0 Å². The van der Waals surface area contributed by atoms with E-state index in [1.165, 1.54) is 21.8 Å². The Hall–Kier alpha value is -2.72. The van der Waals surface area contributed by atoms with Gasteiger partial charge in [-0.05, 0) is 50.2 Å². The molecule has 0 radical (unpaired) electrons. The van der Waals surface area contributed by atoms with E-state index in [0.717, 1.165) is 17.1 Å². The number of nitrogens with zero attached hydrogens (tertiary/aromatic N) is 1. The molecule has 1 aromatic heterocycles. The van der Waals surface area contributed by atoms with E-state index in [1.54, 1.807) is 11.8 Å². The summed E-state index contributed by atoms with van der Waals surface area (Å²) in [5, 5.41) is 5.30. The van der Waals surface area contributed by atoms with Gasteiger partial charge in [0, 0.05) is 38.9 Å². The van der Waals surface area contributed by atoms with Crippen LogP contribution in [0.3, 0.4) is 0 Å². The van der Waals surface area contributed by atoms with Crippen molar-refractivity contribution in [3.63, 3.8) is 0 Å². The van der Waals surface area contributed by atoms with Crippen LogP contribution in [0.2, 0.25) is 0 Å². The summed E-state index contributed by atoms with van der Waals surface area (Å²) in [5.41, 5.74) is 3.27. The van der Waals surface area contributed by atoms with E-state index in [1.807, 2.05) is 43.3 Å². The fourth-order valence-electron chi connectivity index (χ4n) is 3.47. The predicted molar refractivity (Wildman–Crippen MR) is 116 cm³/mol. The zero-order valence-electron chi connectivity index (χ0n) is 15.5. The monoisotopic (exact) mass is 374 g/mol. The number of aromatic nitrogens is 1. The fraction of sp³-hybridized carbons (Fsp3) is 0.174. The Balaban J connectivity index is 1.61. The molecule has 1 atom stereocenters. The Morgan fingerprint density at radius 1 is 0.963 bits per heavy atom. The van der Waals surface area contributed by atoms with Gasteiger partial charge in [-0.15, -0.1) is 11.8 Å². The minimum Gasteiger partial charge on any atom is -0.341 e. The van der Waals surface area contributed by atoms with Crippen LogP contribution in [-0.4, -0.2) is 15.7 Å². The molecule has 0 spiro atoms. The molecule has 4 aromatic rings. The van der Waals surface area contributed by atoms with Crippen molar-refractivity contribution in [2.75, 3.05) is 5.32 Å². The van der Waals surface area contributed by atoms with Crippen molar-refractivity contribution in [3.05, 3.63) is 72.8 Å². The Bertz CT molecular complexity index is 1100. The number of thioether (sulfide) groups is 1. The molecular formula is C23H22N2OS. The number of fused-ring (bicyclic) bond motifs is 3. The standard InChI is InChI=1S/C23H22N2OS/c1-3-25-21-12-8-7-11-19(21)20-15-17(13-14-22(20)25)24-23(26)16(2)27-18-9-5-4-6-10-18/h4-16H,3H2,1-2H3,(H,24,26)/t16-/m1/s1. The van der Waals surface area contributed by atoms with Gasteiger partial charge in [0.05, 0.1) is 5.25 Å². The second-order valence-electron chi connectivity index (χ2n) is 6.56. The molecule has 0 unspecified atom stereocenters. The Kier molecular flexibility index (Phi) is 4.90. The number of nitrogens with one attached hydrogen (secondary N) is 1. The van der Waals surface area contributed by atoms with E-state index in [0.29, 0.717) is 0 Å². The van der Waals surface area contributed by atoms with Crippen molar-refractivity contribution in [2.45, 2.75) is 30.5 Å². The number of hydrogen-bond donors (Lipinski definition) is 1. The molecule has 0 bridgehead atoms. The first-order valence-electron chi connectivity index (χ1n) is 9.21. The van der Waals surface area contributed by atoms with Crippen molar-refractivity contribution in [1.29, 1.82) is 0 Å². The van der Waals surface area contributed by atoms with Crippen molar-refractivity contribution in [2.24, 2.45) is 0 Å². The van der Waals surface area contributed by atoms with Crippen LogP contribution in [0.15, 0.2) is 77.7 Å². The molecule has 0 saturated carbocycles. The van der Waals surface area contributed by atoms with E-state index in [2.05, 4.69) is 53.2 Å². The second kappa shape index (κ2) is 7.49. The zero-order valence-corrected chi connectivity index (χ0v) is 16.3. The average Bonchev–Trinajstić information content (AvgIpc) is 3.02. The first-order valence-corrected chi connectivity index (χ1v) is 10.1. The lowest BCUT2D eigenvalue weighted by Gasteiger charge is -2.12. The molecule has 27 heavy (non-hydrogen) atoms. The summed E-state index contributed by atoms with van der Waals surface area (Å²) in [6.07, 6.45) is 0. The molecule has 4 rings (SSSR count). The molecular weight excluding hydrogens is 352 g/mol. The van der Waals surface area contributed by atoms with Crippen LogP contribution in [0.1, 0.15) is 13.8 Å². The van der Waals surface area contributed by atoms with Gasteiger partial charge in [-0.3, -0.25) is 4.79 Å². The quantitative estimate of drug-likeness (QED) is 0.439. The molecule has 1 amide bonds. The maximum Gasteiger partial charge on any atom is 0.237 e. The molecule has 136 valence electrons. The molecule has 0 aliphatic carbocycles. The topological polar surface area (TPSA) is 34.0 Å². The highest BCUT2D eigenvalue weighted by molar-refractivity contribution is 8.00. The molecule has 0 aliphatic heterocycles. The van der Waals surface area contributed by atoms with Gasteiger partial charge >= 0.3 is 0 Å².